The maximum Gasteiger partial charge on any atom is 0.334 e. The summed E-state index contributed by atoms with van der Waals surface area (Å²) in [5.74, 6) is -2.62. The second-order valence-electron chi connectivity index (χ2n) is 6.18. The Bertz CT molecular complexity index is 590. The van der Waals surface area contributed by atoms with E-state index in [1.807, 2.05) is 13.8 Å². The molecular weight excluding hydrogens is 328 g/mol. The number of benzene rings is 1. The van der Waals surface area contributed by atoms with Crippen LogP contribution in [0.25, 0.3) is 0 Å². The number of amides is 2. The van der Waals surface area contributed by atoms with Gasteiger partial charge in [-0.2, -0.15) is 0 Å². The van der Waals surface area contributed by atoms with E-state index in [1.165, 1.54) is 0 Å². The molecule has 25 heavy (non-hydrogen) atoms. The average Bonchev–Trinajstić information content (AvgIpc) is 2.53. The standard InChI is InChI=1S/C17H24N2O6/c1-11(2)9-19(10-14(20)16(23)24)17(25)18-13(15(21)22)8-12-6-4-3-5-7-12/h3-7,11,13-14,20H,8-10H2,1-2H3,(H,18,25)(H,21,22)(H,23,24). The molecule has 0 aliphatic rings. The molecule has 2 atom stereocenters. The molecular formula is C17H24N2O6. The van der Waals surface area contributed by atoms with Crippen LogP contribution in [0.15, 0.2) is 30.3 Å². The molecule has 2 unspecified atom stereocenters. The first-order valence-electron chi connectivity index (χ1n) is 7.93. The van der Waals surface area contributed by atoms with Gasteiger partial charge in [0.05, 0.1) is 6.54 Å². The Kier molecular flexibility index (Phi) is 7.87. The number of aliphatic hydroxyl groups is 1. The number of aliphatic carboxylic acids is 2. The number of hydrogen-bond donors (Lipinski definition) is 4. The molecule has 1 rings (SSSR count). The van der Waals surface area contributed by atoms with Gasteiger partial charge < -0.3 is 25.5 Å². The molecule has 0 saturated heterocycles. The molecule has 0 radical (unpaired) electrons. The molecule has 0 fully saturated rings. The summed E-state index contributed by atoms with van der Waals surface area (Å²) in [6.07, 6.45) is -1.64. The molecule has 0 aliphatic heterocycles. The summed E-state index contributed by atoms with van der Waals surface area (Å²) in [6.45, 7) is 3.42. The second kappa shape index (κ2) is 9.63. The molecule has 138 valence electrons. The molecule has 0 bridgehead atoms. The van der Waals surface area contributed by atoms with E-state index in [9.17, 15) is 24.6 Å². The SMILES string of the molecule is CC(C)CN(CC(O)C(=O)O)C(=O)NC(Cc1ccccc1)C(=O)O. The minimum Gasteiger partial charge on any atom is -0.480 e. The molecule has 1 aromatic carbocycles. The lowest BCUT2D eigenvalue weighted by Crippen LogP contribution is -2.52. The zero-order chi connectivity index (χ0) is 19.0. The van der Waals surface area contributed by atoms with Crippen LogP contribution in [0.4, 0.5) is 4.79 Å². The highest BCUT2D eigenvalue weighted by atomic mass is 16.4. The van der Waals surface area contributed by atoms with Gasteiger partial charge in [0, 0.05) is 13.0 Å². The van der Waals surface area contributed by atoms with Crippen LogP contribution >= 0.6 is 0 Å². The summed E-state index contributed by atoms with van der Waals surface area (Å²) < 4.78 is 0. The predicted octanol–water partition coefficient (Wildman–Crippen LogP) is 0.795. The van der Waals surface area contributed by atoms with Crippen molar-refractivity contribution < 1.29 is 29.7 Å². The Morgan fingerprint density at radius 1 is 1.04 bits per heavy atom. The molecule has 0 saturated carbocycles. The van der Waals surface area contributed by atoms with Crippen LogP contribution in [0.5, 0.6) is 0 Å². The van der Waals surface area contributed by atoms with Gasteiger partial charge in [-0.25, -0.2) is 14.4 Å². The van der Waals surface area contributed by atoms with Gasteiger partial charge in [0.15, 0.2) is 6.10 Å². The summed E-state index contributed by atoms with van der Waals surface area (Å²) >= 11 is 0. The Morgan fingerprint density at radius 3 is 2.12 bits per heavy atom. The maximum atomic E-state index is 12.4. The third-order valence-electron chi connectivity index (χ3n) is 3.43. The highest BCUT2D eigenvalue weighted by Crippen LogP contribution is 2.06. The zero-order valence-electron chi connectivity index (χ0n) is 14.3. The van der Waals surface area contributed by atoms with E-state index in [2.05, 4.69) is 5.32 Å². The van der Waals surface area contributed by atoms with Gasteiger partial charge in [-0.15, -0.1) is 0 Å². The highest BCUT2D eigenvalue weighted by Gasteiger charge is 2.27. The number of carbonyl (C=O) groups is 3. The maximum absolute atomic E-state index is 12.4. The lowest BCUT2D eigenvalue weighted by Gasteiger charge is -2.27. The number of carboxylic acid groups (broad SMARTS) is 2. The first-order valence-corrected chi connectivity index (χ1v) is 7.93. The number of aliphatic hydroxyl groups excluding tert-OH is 1. The van der Waals surface area contributed by atoms with Crippen LogP contribution in [0.2, 0.25) is 0 Å². The van der Waals surface area contributed by atoms with Crippen molar-refractivity contribution in [3.63, 3.8) is 0 Å². The molecule has 0 heterocycles. The number of urea groups is 1. The van der Waals surface area contributed by atoms with Crippen molar-refractivity contribution in [3.05, 3.63) is 35.9 Å². The zero-order valence-corrected chi connectivity index (χ0v) is 14.3. The summed E-state index contributed by atoms with van der Waals surface area (Å²) in [5, 5.41) is 30.0. The van der Waals surface area contributed by atoms with Gasteiger partial charge in [-0.05, 0) is 11.5 Å². The third kappa shape index (κ3) is 7.21. The van der Waals surface area contributed by atoms with Crippen molar-refractivity contribution in [2.75, 3.05) is 13.1 Å². The lowest BCUT2D eigenvalue weighted by atomic mass is 10.1. The van der Waals surface area contributed by atoms with E-state index in [-0.39, 0.29) is 18.9 Å². The molecule has 2 amide bonds. The quantitative estimate of drug-likeness (QED) is 0.520. The van der Waals surface area contributed by atoms with Gasteiger partial charge in [0.25, 0.3) is 0 Å². The van der Waals surface area contributed by atoms with E-state index in [4.69, 9.17) is 5.11 Å². The Hall–Kier alpha value is -2.61. The van der Waals surface area contributed by atoms with Gasteiger partial charge in [-0.1, -0.05) is 44.2 Å². The molecule has 8 nitrogen and oxygen atoms in total. The number of nitrogens with one attached hydrogen (secondary N) is 1. The Morgan fingerprint density at radius 2 is 1.64 bits per heavy atom. The van der Waals surface area contributed by atoms with Gasteiger partial charge in [0.1, 0.15) is 6.04 Å². The first kappa shape index (κ1) is 20.4. The fraction of sp³-hybridized carbons (Fsp3) is 0.471. The van der Waals surface area contributed by atoms with E-state index in [0.717, 1.165) is 10.5 Å². The Labute approximate surface area is 146 Å². The minimum absolute atomic E-state index is 0.0177. The van der Waals surface area contributed by atoms with E-state index < -0.39 is 36.7 Å². The second-order valence-corrected chi connectivity index (χ2v) is 6.18. The molecule has 1 aromatic rings. The molecule has 4 N–H and O–H groups in total. The van der Waals surface area contributed by atoms with Crippen LogP contribution in [0.1, 0.15) is 19.4 Å². The van der Waals surface area contributed by atoms with Crippen molar-refractivity contribution in [2.45, 2.75) is 32.4 Å². The minimum atomic E-state index is -1.73. The average molecular weight is 352 g/mol. The van der Waals surface area contributed by atoms with E-state index in [1.54, 1.807) is 30.3 Å². The fourth-order valence-electron chi connectivity index (χ4n) is 2.26. The van der Waals surface area contributed by atoms with E-state index in [0.29, 0.717) is 0 Å². The van der Waals surface area contributed by atoms with Crippen LogP contribution in [-0.4, -0.2) is 63.4 Å². The van der Waals surface area contributed by atoms with Crippen molar-refractivity contribution in [2.24, 2.45) is 5.92 Å². The normalized spacial score (nSPS) is 13.1. The van der Waals surface area contributed by atoms with Gasteiger partial charge in [-0.3, -0.25) is 0 Å². The van der Waals surface area contributed by atoms with Crippen LogP contribution in [0.3, 0.4) is 0 Å². The molecule has 8 heteroatoms. The van der Waals surface area contributed by atoms with E-state index >= 15 is 0 Å². The number of nitrogens with zero attached hydrogens (tertiary/aromatic N) is 1. The monoisotopic (exact) mass is 352 g/mol. The summed E-state index contributed by atoms with van der Waals surface area (Å²) in [5.41, 5.74) is 0.746. The van der Waals surface area contributed by atoms with Gasteiger partial charge >= 0.3 is 18.0 Å². The Balaban J connectivity index is 2.82. The smallest absolute Gasteiger partial charge is 0.334 e. The molecule has 0 spiro atoms. The summed E-state index contributed by atoms with van der Waals surface area (Å²) in [4.78, 5) is 35.8. The van der Waals surface area contributed by atoms with Crippen molar-refractivity contribution in [1.82, 2.24) is 10.2 Å². The largest absolute Gasteiger partial charge is 0.480 e. The fourth-order valence-corrected chi connectivity index (χ4v) is 2.26. The van der Waals surface area contributed by atoms with Crippen molar-refractivity contribution in [1.29, 1.82) is 0 Å². The van der Waals surface area contributed by atoms with Crippen molar-refractivity contribution >= 4 is 18.0 Å². The van der Waals surface area contributed by atoms with Gasteiger partial charge in [0.2, 0.25) is 0 Å². The number of carbonyl (C=O) groups excluding carboxylic acids is 1. The highest BCUT2D eigenvalue weighted by molar-refractivity contribution is 5.83. The lowest BCUT2D eigenvalue weighted by molar-refractivity contribution is -0.147. The summed E-state index contributed by atoms with van der Waals surface area (Å²) in [7, 11) is 0. The van der Waals surface area contributed by atoms with Crippen molar-refractivity contribution in [3.8, 4) is 0 Å². The van der Waals surface area contributed by atoms with Crippen LogP contribution < -0.4 is 5.32 Å². The predicted molar refractivity (Wildman–Crippen MR) is 90.2 cm³/mol. The number of hydrogen-bond acceptors (Lipinski definition) is 4. The molecule has 0 aromatic heterocycles. The number of carboxylic acids is 2. The van der Waals surface area contributed by atoms with Crippen LogP contribution in [-0.2, 0) is 16.0 Å². The van der Waals surface area contributed by atoms with Crippen LogP contribution in [0, 0.1) is 5.92 Å². The summed E-state index contributed by atoms with van der Waals surface area (Å²) in [6, 6.07) is 6.96. The third-order valence-corrected chi connectivity index (χ3v) is 3.43. The molecule has 0 aliphatic carbocycles. The topological polar surface area (TPSA) is 127 Å². The number of rotatable bonds is 9. The first-order chi connectivity index (χ1) is 11.7.